The number of carbonyl (C=O) groups is 1. The van der Waals surface area contributed by atoms with Crippen LogP contribution >= 0.6 is 0 Å². The van der Waals surface area contributed by atoms with Crippen LogP contribution in [0.25, 0.3) is 11.3 Å². The zero-order valence-corrected chi connectivity index (χ0v) is 11.9. The van der Waals surface area contributed by atoms with Crippen molar-refractivity contribution >= 4 is 11.7 Å². The number of nitrogens with zero attached hydrogens (tertiary/aromatic N) is 1. The molecule has 5 nitrogen and oxygen atoms in total. The van der Waals surface area contributed by atoms with Crippen molar-refractivity contribution in [2.45, 2.75) is 6.18 Å². The van der Waals surface area contributed by atoms with Crippen LogP contribution in [0.2, 0.25) is 0 Å². The number of ether oxygens (including phenoxy) is 1. The van der Waals surface area contributed by atoms with E-state index in [1.54, 1.807) is 0 Å². The fraction of sp³-hybridized carbons (Fsp3) is 0.143. The number of nitrogen functional groups attached to an aromatic ring is 1. The zero-order chi connectivity index (χ0) is 18.2. The molecule has 128 valence electrons. The molecule has 1 aromatic carbocycles. The van der Waals surface area contributed by atoms with Gasteiger partial charge in [0.05, 0.1) is 12.7 Å². The summed E-state index contributed by atoms with van der Waals surface area (Å²) in [6.45, 7) is 0. The number of aromatic nitrogens is 1. The van der Waals surface area contributed by atoms with Crippen molar-refractivity contribution < 1.29 is 36.6 Å². The van der Waals surface area contributed by atoms with Crippen LogP contribution < -0.4 is 10.5 Å². The maximum Gasteiger partial charge on any atom is 0.419 e. The van der Waals surface area contributed by atoms with Gasteiger partial charge in [-0.1, -0.05) is 6.07 Å². The number of nitrogens with two attached hydrogens (primary N) is 1. The predicted octanol–water partition coefficient (Wildman–Crippen LogP) is 3.33. The normalized spacial score (nSPS) is 11.4. The van der Waals surface area contributed by atoms with Gasteiger partial charge in [0.2, 0.25) is 0 Å². The van der Waals surface area contributed by atoms with E-state index >= 15 is 0 Å². The quantitative estimate of drug-likeness (QED) is 0.831. The molecule has 10 heteroatoms. The summed E-state index contributed by atoms with van der Waals surface area (Å²) in [5.41, 5.74) is 1.30. The molecule has 3 N–H and O–H groups in total. The number of aromatic carboxylic acids is 1. The lowest BCUT2D eigenvalue weighted by Gasteiger charge is -2.13. The highest BCUT2D eigenvalue weighted by Crippen LogP contribution is 2.36. The summed E-state index contributed by atoms with van der Waals surface area (Å²) in [5.74, 6) is -5.05. The SMILES string of the molecule is COc1c(C(=O)O)nc(-c2ccc(C(F)(F)F)c(F)c2)c(F)c1N. The Balaban J connectivity index is 2.69. The standard InChI is InChI=1S/C14H9F5N2O3/c1-24-12-9(20)8(16)10(21-11(12)13(22)23)5-2-3-6(7(15)4-5)14(17,18)19/h2-4H,1H3,(H2,20,21)(H,22,23). The molecule has 0 aliphatic heterocycles. The van der Waals surface area contributed by atoms with Gasteiger partial charge in [-0.3, -0.25) is 0 Å². The lowest BCUT2D eigenvalue weighted by Crippen LogP contribution is -2.11. The number of pyridine rings is 1. The van der Waals surface area contributed by atoms with Crippen molar-refractivity contribution in [2.75, 3.05) is 12.8 Å². The Morgan fingerprint density at radius 2 is 1.92 bits per heavy atom. The third-order valence-electron chi connectivity index (χ3n) is 3.08. The Labute approximate surface area is 131 Å². The van der Waals surface area contributed by atoms with E-state index < -0.39 is 57.7 Å². The van der Waals surface area contributed by atoms with Gasteiger partial charge in [-0.05, 0) is 12.1 Å². The number of rotatable bonds is 3. The molecule has 0 bridgehead atoms. The van der Waals surface area contributed by atoms with Gasteiger partial charge in [0.15, 0.2) is 17.3 Å². The van der Waals surface area contributed by atoms with E-state index in [4.69, 9.17) is 10.8 Å². The molecule has 0 amide bonds. The number of anilines is 1. The minimum absolute atomic E-state index is 0.395. The van der Waals surface area contributed by atoms with E-state index in [9.17, 15) is 26.7 Å². The van der Waals surface area contributed by atoms with Crippen molar-refractivity contribution in [1.29, 1.82) is 0 Å². The largest absolute Gasteiger partial charge is 0.492 e. The number of benzene rings is 1. The summed E-state index contributed by atoms with van der Waals surface area (Å²) in [6, 6.07) is 1.55. The molecule has 0 saturated carbocycles. The van der Waals surface area contributed by atoms with E-state index in [0.29, 0.717) is 12.1 Å². The molecule has 2 rings (SSSR count). The van der Waals surface area contributed by atoms with Crippen LogP contribution in [-0.2, 0) is 6.18 Å². The van der Waals surface area contributed by atoms with Gasteiger partial charge in [-0.25, -0.2) is 18.6 Å². The molecule has 0 spiro atoms. The first kappa shape index (κ1) is 17.4. The van der Waals surface area contributed by atoms with Crippen LogP contribution in [0.3, 0.4) is 0 Å². The summed E-state index contributed by atoms with van der Waals surface area (Å²) < 4.78 is 70.2. The fourth-order valence-corrected chi connectivity index (χ4v) is 2.00. The molecular weight excluding hydrogens is 339 g/mol. The molecule has 2 aromatic rings. The average molecular weight is 348 g/mol. The highest BCUT2D eigenvalue weighted by Gasteiger charge is 2.34. The van der Waals surface area contributed by atoms with Crippen molar-refractivity contribution in [2.24, 2.45) is 0 Å². The minimum atomic E-state index is -4.93. The van der Waals surface area contributed by atoms with Crippen LogP contribution in [0.15, 0.2) is 18.2 Å². The van der Waals surface area contributed by atoms with E-state index in [-0.39, 0.29) is 0 Å². The second kappa shape index (κ2) is 5.95. The molecular formula is C14H9F5N2O3. The highest BCUT2D eigenvalue weighted by molar-refractivity contribution is 5.92. The number of alkyl halides is 3. The Bertz CT molecular complexity index is 821. The van der Waals surface area contributed by atoms with Crippen molar-refractivity contribution in [1.82, 2.24) is 4.98 Å². The number of hydrogen-bond donors (Lipinski definition) is 2. The molecule has 0 aliphatic carbocycles. The fourth-order valence-electron chi connectivity index (χ4n) is 2.00. The van der Waals surface area contributed by atoms with Crippen molar-refractivity contribution in [3.8, 4) is 17.0 Å². The number of carboxylic acid groups (broad SMARTS) is 1. The molecule has 1 aromatic heterocycles. The molecule has 0 radical (unpaired) electrons. The van der Waals surface area contributed by atoms with E-state index in [1.807, 2.05) is 0 Å². The number of methoxy groups -OCH3 is 1. The van der Waals surface area contributed by atoms with Gasteiger partial charge in [0.25, 0.3) is 0 Å². The molecule has 1 heterocycles. The maximum atomic E-state index is 14.2. The van der Waals surface area contributed by atoms with E-state index in [0.717, 1.165) is 13.2 Å². The van der Waals surface area contributed by atoms with E-state index in [1.165, 1.54) is 0 Å². The van der Waals surface area contributed by atoms with Crippen LogP contribution in [0, 0.1) is 11.6 Å². The average Bonchev–Trinajstić information content (AvgIpc) is 2.48. The van der Waals surface area contributed by atoms with Gasteiger partial charge in [0, 0.05) is 5.56 Å². The third-order valence-corrected chi connectivity index (χ3v) is 3.08. The lowest BCUT2D eigenvalue weighted by molar-refractivity contribution is -0.139. The minimum Gasteiger partial charge on any atom is -0.492 e. The van der Waals surface area contributed by atoms with Crippen LogP contribution in [0.1, 0.15) is 16.1 Å². The Morgan fingerprint density at radius 3 is 2.38 bits per heavy atom. The van der Waals surface area contributed by atoms with Crippen LogP contribution in [-0.4, -0.2) is 23.2 Å². The molecule has 24 heavy (non-hydrogen) atoms. The summed E-state index contributed by atoms with van der Waals surface area (Å²) in [5, 5.41) is 9.05. The van der Waals surface area contributed by atoms with Gasteiger partial charge < -0.3 is 15.6 Å². The van der Waals surface area contributed by atoms with Crippen molar-refractivity contribution in [3.63, 3.8) is 0 Å². The Kier molecular flexibility index (Phi) is 4.32. The smallest absolute Gasteiger partial charge is 0.419 e. The maximum absolute atomic E-state index is 14.2. The summed E-state index contributed by atoms with van der Waals surface area (Å²) >= 11 is 0. The highest BCUT2D eigenvalue weighted by atomic mass is 19.4. The number of hydrogen-bond acceptors (Lipinski definition) is 4. The first-order chi connectivity index (χ1) is 11.1. The summed E-state index contributed by atoms with van der Waals surface area (Å²) in [4.78, 5) is 14.6. The van der Waals surface area contributed by atoms with Crippen LogP contribution in [0.5, 0.6) is 5.75 Å². The number of carboxylic acids is 1. The summed E-state index contributed by atoms with van der Waals surface area (Å²) in [7, 11) is 1.04. The summed E-state index contributed by atoms with van der Waals surface area (Å²) in [6.07, 6.45) is -4.93. The van der Waals surface area contributed by atoms with Gasteiger partial charge in [-0.15, -0.1) is 0 Å². The Hall–Kier alpha value is -2.91. The molecule has 0 fully saturated rings. The first-order valence-electron chi connectivity index (χ1n) is 6.21. The number of halogens is 5. The molecule has 0 atom stereocenters. The van der Waals surface area contributed by atoms with E-state index in [2.05, 4.69) is 9.72 Å². The second-order valence-corrected chi connectivity index (χ2v) is 4.57. The van der Waals surface area contributed by atoms with Crippen LogP contribution in [0.4, 0.5) is 27.6 Å². The van der Waals surface area contributed by atoms with Gasteiger partial charge in [-0.2, -0.15) is 13.2 Å². The monoisotopic (exact) mass is 348 g/mol. The van der Waals surface area contributed by atoms with Gasteiger partial charge >= 0.3 is 12.1 Å². The van der Waals surface area contributed by atoms with Crippen molar-refractivity contribution in [3.05, 3.63) is 41.1 Å². The Morgan fingerprint density at radius 1 is 1.29 bits per heavy atom. The molecule has 0 unspecified atom stereocenters. The zero-order valence-electron chi connectivity index (χ0n) is 11.9. The lowest BCUT2D eigenvalue weighted by atomic mass is 10.1. The van der Waals surface area contributed by atoms with Gasteiger partial charge in [0.1, 0.15) is 17.2 Å². The molecule has 0 saturated heterocycles. The third kappa shape index (κ3) is 2.94. The first-order valence-corrected chi connectivity index (χ1v) is 6.21. The predicted molar refractivity (Wildman–Crippen MR) is 72.5 cm³/mol. The topological polar surface area (TPSA) is 85.4 Å². The second-order valence-electron chi connectivity index (χ2n) is 4.57. The molecule has 0 aliphatic rings.